The molecule has 0 spiro atoms. The van der Waals surface area contributed by atoms with Crippen molar-refractivity contribution in [2.75, 3.05) is 10.6 Å². The number of hydrogen-bond acceptors (Lipinski definition) is 7. The fourth-order valence-electron chi connectivity index (χ4n) is 5.29. The van der Waals surface area contributed by atoms with Crippen LogP contribution in [0, 0.1) is 11.8 Å². The normalized spacial score (nSPS) is 17.8. The molecular formula is C32H31F2N7O3. The van der Waals surface area contributed by atoms with Crippen LogP contribution in [0.15, 0.2) is 65.7 Å². The predicted molar refractivity (Wildman–Crippen MR) is 162 cm³/mol. The van der Waals surface area contributed by atoms with Crippen molar-refractivity contribution in [1.82, 2.24) is 20.1 Å². The average molecular weight is 600 g/mol. The first-order chi connectivity index (χ1) is 21.2. The van der Waals surface area contributed by atoms with E-state index in [0.29, 0.717) is 29.2 Å². The lowest BCUT2D eigenvalue weighted by atomic mass is 10.0. The van der Waals surface area contributed by atoms with Crippen LogP contribution in [0.1, 0.15) is 55.1 Å². The van der Waals surface area contributed by atoms with Gasteiger partial charge in [-0.1, -0.05) is 42.5 Å². The Morgan fingerprint density at radius 3 is 2.61 bits per heavy atom. The number of nitrogens with one attached hydrogen (secondary N) is 3. The van der Waals surface area contributed by atoms with Gasteiger partial charge in [-0.2, -0.15) is 9.49 Å². The molecule has 2 aromatic carbocycles. The number of benzodiazepines with no additional fused rings is 1. The number of benzene rings is 2. The topological polar surface area (TPSA) is 123 Å². The van der Waals surface area contributed by atoms with Crippen molar-refractivity contribution in [2.24, 2.45) is 4.99 Å². The van der Waals surface area contributed by atoms with Crippen LogP contribution >= 0.6 is 0 Å². The van der Waals surface area contributed by atoms with Crippen molar-refractivity contribution in [2.45, 2.75) is 58.5 Å². The van der Waals surface area contributed by atoms with Gasteiger partial charge in [-0.25, -0.2) is 19.0 Å². The molecule has 3 N–H and O–H groups in total. The van der Waals surface area contributed by atoms with E-state index in [2.05, 4.69) is 31.0 Å². The maximum atomic E-state index is 15.5. The van der Waals surface area contributed by atoms with E-state index in [1.165, 1.54) is 22.9 Å². The second kappa shape index (κ2) is 11.9. The summed E-state index contributed by atoms with van der Waals surface area (Å²) >= 11 is 0. The van der Waals surface area contributed by atoms with E-state index >= 15 is 4.39 Å². The Morgan fingerprint density at radius 1 is 1.07 bits per heavy atom. The molecule has 2 aliphatic heterocycles. The van der Waals surface area contributed by atoms with Crippen molar-refractivity contribution >= 4 is 29.0 Å². The molecule has 0 saturated heterocycles. The third-order valence-electron chi connectivity index (χ3n) is 7.31. The quantitative estimate of drug-likeness (QED) is 0.264. The molecule has 0 radical (unpaired) electrons. The van der Waals surface area contributed by atoms with Gasteiger partial charge in [0.1, 0.15) is 22.9 Å². The highest BCUT2D eigenvalue weighted by Gasteiger charge is 2.34. The van der Waals surface area contributed by atoms with Crippen LogP contribution in [0.4, 0.5) is 20.3 Å². The van der Waals surface area contributed by atoms with E-state index in [4.69, 9.17) is 4.74 Å². The lowest BCUT2D eigenvalue weighted by Crippen LogP contribution is -2.42. The maximum absolute atomic E-state index is 15.5. The first-order valence-corrected chi connectivity index (χ1v) is 14.4. The molecule has 4 heterocycles. The van der Waals surface area contributed by atoms with Gasteiger partial charge in [0, 0.05) is 23.7 Å². The first-order valence-electron chi connectivity index (χ1n) is 14.4. The Balaban J connectivity index is 1.43. The Labute approximate surface area is 252 Å². The van der Waals surface area contributed by atoms with Crippen LogP contribution in [0.2, 0.25) is 0 Å². The van der Waals surface area contributed by atoms with Gasteiger partial charge in [-0.3, -0.25) is 9.59 Å². The second-order valence-corrected chi connectivity index (χ2v) is 11.0. The van der Waals surface area contributed by atoms with Crippen LogP contribution in [0.3, 0.4) is 0 Å². The Hall–Kier alpha value is -5.13. The fourth-order valence-corrected chi connectivity index (χ4v) is 5.29. The van der Waals surface area contributed by atoms with Gasteiger partial charge in [-0.05, 0) is 51.8 Å². The van der Waals surface area contributed by atoms with E-state index in [1.807, 2.05) is 26.8 Å². The molecule has 1 unspecified atom stereocenters. The highest BCUT2D eigenvalue weighted by molar-refractivity contribution is 6.20. The monoisotopic (exact) mass is 599 g/mol. The van der Waals surface area contributed by atoms with Crippen molar-refractivity contribution in [3.05, 3.63) is 89.1 Å². The number of nitrogens with zero attached hydrogens (tertiary/aromatic N) is 4. The van der Waals surface area contributed by atoms with E-state index < -0.39 is 29.7 Å². The number of carbonyl (C=O) groups excluding carboxylic acids is 2. The summed E-state index contributed by atoms with van der Waals surface area (Å²) in [6.07, 6.45) is -0.246. The van der Waals surface area contributed by atoms with Crippen molar-refractivity contribution < 1.29 is 23.1 Å². The Bertz CT molecular complexity index is 1770. The Morgan fingerprint density at radius 2 is 1.86 bits per heavy atom. The van der Waals surface area contributed by atoms with Gasteiger partial charge in [0.05, 0.1) is 23.1 Å². The number of pyridine rings is 1. The summed E-state index contributed by atoms with van der Waals surface area (Å²) in [6, 6.07) is 16.5. The van der Waals surface area contributed by atoms with Gasteiger partial charge in [-0.15, -0.1) is 0 Å². The van der Waals surface area contributed by atoms with Crippen molar-refractivity contribution in [1.29, 1.82) is 0 Å². The van der Waals surface area contributed by atoms with Gasteiger partial charge in [0.25, 0.3) is 11.8 Å². The maximum Gasteiger partial charge on any atom is 0.269 e. The lowest BCUT2D eigenvalue weighted by molar-refractivity contribution is -0.117. The molecule has 2 aliphatic rings. The van der Waals surface area contributed by atoms with E-state index in [-0.39, 0.29) is 40.5 Å². The molecule has 2 atom stereocenters. The molecule has 0 aliphatic carbocycles. The Kier molecular flexibility index (Phi) is 7.81. The van der Waals surface area contributed by atoms with Crippen LogP contribution in [0.25, 0.3) is 11.3 Å². The lowest BCUT2D eigenvalue weighted by Gasteiger charge is -2.16. The highest BCUT2D eigenvalue weighted by atomic mass is 19.1. The summed E-state index contributed by atoms with van der Waals surface area (Å²) in [5.41, 5.74) is 1.21. The van der Waals surface area contributed by atoms with Crippen LogP contribution < -0.4 is 20.7 Å². The van der Waals surface area contributed by atoms with Gasteiger partial charge < -0.3 is 20.7 Å². The van der Waals surface area contributed by atoms with Crippen molar-refractivity contribution in [3.63, 3.8) is 0 Å². The molecule has 44 heavy (non-hydrogen) atoms. The zero-order valence-corrected chi connectivity index (χ0v) is 24.4. The number of para-hydroxylation sites is 1. The number of anilines is 2. The molecular weight excluding hydrogens is 568 g/mol. The smallest absolute Gasteiger partial charge is 0.269 e. The molecule has 2 amide bonds. The third kappa shape index (κ3) is 5.62. The minimum Gasteiger partial charge on any atom is -0.474 e. The first kappa shape index (κ1) is 29.0. The van der Waals surface area contributed by atoms with Crippen molar-refractivity contribution in [3.8, 4) is 17.1 Å². The number of aromatic nitrogens is 3. The molecule has 226 valence electrons. The van der Waals surface area contributed by atoms with Gasteiger partial charge in [0.15, 0.2) is 0 Å². The number of halogens is 2. The molecule has 4 aromatic rings. The van der Waals surface area contributed by atoms with E-state index in [1.54, 1.807) is 36.4 Å². The number of ether oxygens (including phenoxy) is 1. The van der Waals surface area contributed by atoms with Crippen LogP contribution in [-0.4, -0.2) is 50.6 Å². The zero-order chi connectivity index (χ0) is 31.0. The summed E-state index contributed by atoms with van der Waals surface area (Å²) < 4.78 is 38.1. The minimum absolute atomic E-state index is 0.00504. The summed E-state index contributed by atoms with van der Waals surface area (Å²) in [6.45, 7) is 6.13. The molecule has 0 saturated carbocycles. The third-order valence-corrected chi connectivity index (χ3v) is 7.31. The van der Waals surface area contributed by atoms with Gasteiger partial charge in [0.2, 0.25) is 18.0 Å². The second-order valence-electron chi connectivity index (χ2n) is 11.0. The number of aliphatic imine (C=N–C) groups is 1. The van der Waals surface area contributed by atoms with E-state index in [9.17, 15) is 14.0 Å². The number of fused-ring (bicyclic) bond motifs is 2. The molecule has 0 bridgehead atoms. The molecule has 10 nitrogen and oxygen atoms in total. The number of rotatable bonds is 6. The fraction of sp³-hybridized carbons (Fsp3) is 0.281. The number of hydrogen-bond donors (Lipinski definition) is 3. The number of amides is 2. The number of carbonyl (C=O) groups is 2. The zero-order valence-electron chi connectivity index (χ0n) is 24.4. The highest BCUT2D eigenvalue weighted by Crippen LogP contribution is 2.35. The molecule has 0 fully saturated rings. The molecule has 6 rings (SSSR count). The molecule has 2 aromatic heterocycles. The summed E-state index contributed by atoms with van der Waals surface area (Å²) in [5.74, 6) is -2.49. The van der Waals surface area contributed by atoms with Gasteiger partial charge >= 0.3 is 0 Å². The summed E-state index contributed by atoms with van der Waals surface area (Å²) in [4.78, 5) is 36.1. The van der Waals surface area contributed by atoms with Crippen LogP contribution in [-0.2, 0) is 11.3 Å². The van der Waals surface area contributed by atoms with Crippen LogP contribution in [0.5, 0.6) is 5.88 Å². The average Bonchev–Trinajstić information content (AvgIpc) is 3.13. The standard InChI is InChI=1S/C32H31F2N7O3/c1-17(2)35-23-15-14-21(28(34)36-23)27-24(32-41(40-27)16-8-9-18(3)44-32)30(42)39-29-31(43)38-26-20(12-7-13-22(26)33)25(37-29)19-10-5-4-6-11-19/h4-7,10-15,17-18,29H,8-9,16H2,1-3H3,(H,35,36)(H,38,43)(H,39,42)/t18?,29-/m1/s1. The largest absolute Gasteiger partial charge is 0.474 e. The summed E-state index contributed by atoms with van der Waals surface area (Å²) in [5, 5.41) is 12.9. The minimum atomic E-state index is -1.46. The SMILES string of the molecule is CC(C)Nc1ccc(-c2nn3c(c2C(=O)N[C@H]2N=C(c4ccccc4)c4cccc(F)c4NC2=O)OC(C)CCC3)c(F)n1. The number of aryl methyl sites for hydroxylation is 1. The summed E-state index contributed by atoms with van der Waals surface area (Å²) in [7, 11) is 0. The predicted octanol–water partition coefficient (Wildman–Crippen LogP) is 5.15. The molecule has 12 heteroatoms. The van der Waals surface area contributed by atoms with E-state index in [0.717, 1.165) is 12.8 Å².